The zero-order chi connectivity index (χ0) is 21.1. The smallest absolute Gasteiger partial charge is 0.395 e. The summed E-state index contributed by atoms with van der Waals surface area (Å²) in [4.78, 5) is 23.8. The van der Waals surface area contributed by atoms with E-state index in [4.69, 9.17) is 9.47 Å². The summed E-state index contributed by atoms with van der Waals surface area (Å²) in [5.41, 5.74) is 0.375. The number of hydrogen-bond acceptors (Lipinski definition) is 4. The second kappa shape index (κ2) is 8.20. The van der Waals surface area contributed by atoms with Crippen molar-refractivity contribution in [2.24, 2.45) is 5.92 Å². The van der Waals surface area contributed by atoms with E-state index in [0.717, 1.165) is 6.08 Å². The van der Waals surface area contributed by atoms with Crippen molar-refractivity contribution < 1.29 is 32.2 Å². The fourth-order valence-electron chi connectivity index (χ4n) is 3.07. The number of alkyl halides is 3. The molecule has 28 heavy (non-hydrogen) atoms. The molecule has 2 rings (SSSR count). The summed E-state index contributed by atoms with van der Waals surface area (Å²) in [6.07, 6.45) is -1.96. The standard InChI is InChI=1S/C21H23F3O4/c1-5-28-19(26)20(2,3)14-7-9-18(27-4)17(11-14)16-8-6-15(21(22,23)24)10-13(16)12-25/h7-12,15H,5-6H2,1-4H3. The van der Waals surface area contributed by atoms with Crippen LogP contribution in [0, 0.1) is 5.92 Å². The summed E-state index contributed by atoms with van der Waals surface area (Å²) in [5.74, 6) is -1.73. The molecule has 1 aromatic rings. The molecule has 4 nitrogen and oxygen atoms in total. The highest BCUT2D eigenvalue weighted by molar-refractivity contribution is 6.00. The van der Waals surface area contributed by atoms with E-state index >= 15 is 0 Å². The molecule has 0 saturated heterocycles. The highest BCUT2D eigenvalue weighted by atomic mass is 19.4. The number of carbonyl (C=O) groups is 2. The van der Waals surface area contributed by atoms with Crippen LogP contribution >= 0.6 is 0 Å². The molecule has 1 aliphatic rings. The topological polar surface area (TPSA) is 52.6 Å². The van der Waals surface area contributed by atoms with Crippen molar-refractivity contribution in [3.63, 3.8) is 0 Å². The summed E-state index contributed by atoms with van der Waals surface area (Å²) in [6, 6.07) is 4.99. The van der Waals surface area contributed by atoms with E-state index in [-0.39, 0.29) is 18.6 Å². The first-order chi connectivity index (χ1) is 13.1. The maximum atomic E-state index is 13.0. The van der Waals surface area contributed by atoms with Crippen LogP contribution in [0.4, 0.5) is 13.2 Å². The summed E-state index contributed by atoms with van der Waals surface area (Å²) in [7, 11) is 1.43. The van der Waals surface area contributed by atoms with Gasteiger partial charge in [-0.3, -0.25) is 9.59 Å². The third-order valence-corrected chi connectivity index (χ3v) is 4.81. The van der Waals surface area contributed by atoms with Gasteiger partial charge in [-0.05, 0) is 50.5 Å². The van der Waals surface area contributed by atoms with Crippen LogP contribution in [0.15, 0.2) is 35.9 Å². The fraction of sp³-hybridized carbons (Fsp3) is 0.429. The van der Waals surface area contributed by atoms with Gasteiger partial charge in [0, 0.05) is 11.1 Å². The molecule has 0 amide bonds. The maximum Gasteiger partial charge on any atom is 0.395 e. The molecule has 1 aromatic carbocycles. The number of hydrogen-bond donors (Lipinski definition) is 0. The minimum atomic E-state index is -4.42. The monoisotopic (exact) mass is 396 g/mol. The molecule has 152 valence electrons. The van der Waals surface area contributed by atoms with Gasteiger partial charge in [0.15, 0.2) is 0 Å². The number of ether oxygens (including phenoxy) is 2. The van der Waals surface area contributed by atoms with Gasteiger partial charge in [0.1, 0.15) is 12.0 Å². The highest BCUT2D eigenvalue weighted by Crippen LogP contribution is 2.41. The van der Waals surface area contributed by atoms with Crippen molar-refractivity contribution >= 4 is 17.8 Å². The lowest BCUT2D eigenvalue weighted by atomic mass is 9.81. The van der Waals surface area contributed by atoms with Crippen LogP contribution in [-0.2, 0) is 19.7 Å². The Balaban J connectivity index is 2.53. The van der Waals surface area contributed by atoms with Gasteiger partial charge in [-0.1, -0.05) is 18.2 Å². The van der Waals surface area contributed by atoms with Crippen molar-refractivity contribution in [1.29, 1.82) is 0 Å². The van der Waals surface area contributed by atoms with Crippen LogP contribution < -0.4 is 4.74 Å². The summed E-state index contributed by atoms with van der Waals surface area (Å²) < 4.78 is 49.6. The molecule has 1 unspecified atom stereocenters. The van der Waals surface area contributed by atoms with E-state index in [9.17, 15) is 22.8 Å². The number of halogens is 3. The van der Waals surface area contributed by atoms with Crippen LogP contribution in [0.5, 0.6) is 5.75 Å². The van der Waals surface area contributed by atoms with Crippen molar-refractivity contribution in [1.82, 2.24) is 0 Å². The molecule has 0 bridgehead atoms. The Labute approximate surface area is 162 Å². The summed E-state index contributed by atoms with van der Waals surface area (Å²) in [6.45, 7) is 5.33. The number of allylic oxidation sites excluding steroid dienone is 4. The van der Waals surface area contributed by atoms with Crippen LogP contribution in [0.3, 0.4) is 0 Å². The second-order valence-electron chi connectivity index (χ2n) is 7.00. The van der Waals surface area contributed by atoms with Gasteiger partial charge >= 0.3 is 12.1 Å². The van der Waals surface area contributed by atoms with Crippen LogP contribution in [0.1, 0.15) is 38.3 Å². The van der Waals surface area contributed by atoms with Crippen molar-refractivity contribution in [2.45, 2.75) is 38.8 Å². The molecule has 1 atom stereocenters. The molecule has 0 spiro atoms. The molecule has 0 fully saturated rings. The average Bonchev–Trinajstić information content (AvgIpc) is 2.66. The van der Waals surface area contributed by atoms with Gasteiger partial charge in [-0.15, -0.1) is 0 Å². The van der Waals surface area contributed by atoms with E-state index in [0.29, 0.717) is 28.7 Å². The molecule has 0 aliphatic heterocycles. The van der Waals surface area contributed by atoms with Gasteiger partial charge in [0.2, 0.25) is 0 Å². The van der Waals surface area contributed by atoms with Gasteiger partial charge in [0.25, 0.3) is 0 Å². The quantitative estimate of drug-likeness (QED) is 0.520. The number of benzene rings is 1. The number of carbonyl (C=O) groups excluding carboxylic acids is 2. The number of esters is 1. The minimum absolute atomic E-state index is 0.0574. The Hall–Kier alpha value is -2.57. The van der Waals surface area contributed by atoms with Gasteiger partial charge in [0.05, 0.1) is 25.0 Å². The van der Waals surface area contributed by atoms with Crippen LogP contribution in [0.25, 0.3) is 5.57 Å². The Bertz CT molecular complexity index is 819. The number of rotatable bonds is 6. The van der Waals surface area contributed by atoms with Crippen LogP contribution in [0.2, 0.25) is 0 Å². The normalized spacial score (nSPS) is 17.5. The fourth-order valence-corrected chi connectivity index (χ4v) is 3.07. The van der Waals surface area contributed by atoms with Gasteiger partial charge < -0.3 is 9.47 Å². The van der Waals surface area contributed by atoms with Crippen molar-refractivity contribution in [3.8, 4) is 5.75 Å². The molecule has 7 heteroatoms. The van der Waals surface area contributed by atoms with E-state index < -0.39 is 23.5 Å². The van der Waals surface area contributed by atoms with E-state index in [1.165, 1.54) is 13.2 Å². The molecule has 0 radical (unpaired) electrons. The Morgan fingerprint density at radius 1 is 1.29 bits per heavy atom. The Kier molecular flexibility index (Phi) is 6.37. The van der Waals surface area contributed by atoms with Gasteiger partial charge in [-0.2, -0.15) is 13.2 Å². The lowest BCUT2D eigenvalue weighted by Crippen LogP contribution is -2.31. The zero-order valence-corrected chi connectivity index (χ0v) is 16.2. The van der Waals surface area contributed by atoms with E-state index in [1.807, 2.05) is 0 Å². The molecule has 0 aromatic heterocycles. The zero-order valence-electron chi connectivity index (χ0n) is 16.2. The third-order valence-electron chi connectivity index (χ3n) is 4.81. The maximum absolute atomic E-state index is 13.0. The van der Waals surface area contributed by atoms with Crippen LogP contribution in [-0.4, -0.2) is 32.1 Å². The second-order valence-corrected chi connectivity index (χ2v) is 7.00. The van der Waals surface area contributed by atoms with E-state index in [2.05, 4.69) is 0 Å². The summed E-state index contributed by atoms with van der Waals surface area (Å²) in [5, 5.41) is 0. The molecule has 0 saturated carbocycles. The first kappa shape index (κ1) is 21.7. The first-order valence-corrected chi connectivity index (χ1v) is 8.86. The number of methoxy groups -OCH3 is 1. The predicted molar refractivity (Wildman–Crippen MR) is 98.9 cm³/mol. The summed E-state index contributed by atoms with van der Waals surface area (Å²) >= 11 is 0. The average molecular weight is 396 g/mol. The molecule has 0 N–H and O–H groups in total. The van der Waals surface area contributed by atoms with Crippen molar-refractivity contribution in [3.05, 3.63) is 47.1 Å². The predicted octanol–water partition coefficient (Wildman–Crippen LogP) is 4.63. The number of aldehydes is 1. The molecular formula is C21H23F3O4. The molecule has 1 aliphatic carbocycles. The van der Waals surface area contributed by atoms with Gasteiger partial charge in [-0.25, -0.2) is 0 Å². The molecule has 0 heterocycles. The Morgan fingerprint density at radius 3 is 2.50 bits per heavy atom. The minimum Gasteiger partial charge on any atom is -0.496 e. The third kappa shape index (κ3) is 4.29. The largest absolute Gasteiger partial charge is 0.496 e. The highest BCUT2D eigenvalue weighted by Gasteiger charge is 2.39. The van der Waals surface area contributed by atoms with E-state index in [1.54, 1.807) is 39.0 Å². The Morgan fingerprint density at radius 2 is 1.96 bits per heavy atom. The lowest BCUT2D eigenvalue weighted by molar-refractivity contribution is -0.160. The lowest BCUT2D eigenvalue weighted by Gasteiger charge is -2.26. The first-order valence-electron chi connectivity index (χ1n) is 8.86. The van der Waals surface area contributed by atoms with Crippen molar-refractivity contribution in [2.75, 3.05) is 13.7 Å². The molecular weight excluding hydrogens is 373 g/mol. The SMILES string of the molecule is CCOC(=O)C(C)(C)c1ccc(OC)c(C2=CCC(C(F)(F)F)C=C2C=O)c1.